The van der Waals surface area contributed by atoms with E-state index in [1.54, 1.807) is 6.07 Å². The fraction of sp³-hybridized carbons (Fsp3) is 0.364. The molecule has 0 saturated carbocycles. The van der Waals surface area contributed by atoms with Crippen molar-refractivity contribution in [3.63, 3.8) is 0 Å². The van der Waals surface area contributed by atoms with Gasteiger partial charge in [-0.25, -0.2) is 4.98 Å². The Hall–Kier alpha value is -0.883. The van der Waals surface area contributed by atoms with Crippen molar-refractivity contribution in [2.75, 3.05) is 0 Å². The third-order valence-corrected chi connectivity index (χ3v) is 6.74. The minimum Gasteiger partial charge on any atom is -0.246 e. The second-order valence-corrected chi connectivity index (χ2v) is 11.3. The molecule has 0 radical (unpaired) electrons. The molecular weight excluding hydrogens is 263 g/mol. The van der Waals surface area contributed by atoms with Crippen molar-refractivity contribution in [3.05, 3.63) is 23.8 Å². The van der Waals surface area contributed by atoms with Gasteiger partial charge >= 0.3 is 6.18 Å². The fourth-order valence-electron chi connectivity index (χ4n) is 1.50. The van der Waals surface area contributed by atoms with E-state index in [0.717, 1.165) is 10.7 Å². The molecule has 0 unspecified atom stereocenters. The van der Waals surface area contributed by atoms with Gasteiger partial charge in [0.15, 0.2) is 0 Å². The average molecular weight is 275 g/mol. The zero-order valence-electron chi connectivity index (χ0n) is 9.72. The summed E-state index contributed by atoms with van der Waals surface area (Å²) in [6.45, 7) is 6.24. The molecule has 0 spiro atoms. The number of fused-ring (bicyclic) bond motifs is 1. The highest BCUT2D eigenvalue weighted by Crippen LogP contribution is 2.35. The molecule has 0 atom stereocenters. The SMILES string of the molecule is C[Si](C)(C)c1nc2c(C(F)(F)F)cccc2s1. The van der Waals surface area contributed by atoms with Gasteiger partial charge in [-0.15, -0.1) is 11.3 Å². The molecule has 0 saturated heterocycles. The monoisotopic (exact) mass is 275 g/mol. The van der Waals surface area contributed by atoms with Gasteiger partial charge in [-0.2, -0.15) is 13.2 Å². The highest BCUT2D eigenvalue weighted by Gasteiger charge is 2.34. The lowest BCUT2D eigenvalue weighted by atomic mass is 10.2. The van der Waals surface area contributed by atoms with Crippen molar-refractivity contribution < 1.29 is 13.2 Å². The van der Waals surface area contributed by atoms with Crippen molar-refractivity contribution in [3.8, 4) is 0 Å². The maximum atomic E-state index is 12.8. The Morgan fingerprint density at radius 2 is 1.82 bits per heavy atom. The zero-order valence-corrected chi connectivity index (χ0v) is 11.5. The first-order chi connectivity index (χ1) is 7.69. The highest BCUT2D eigenvalue weighted by molar-refractivity contribution is 7.30. The van der Waals surface area contributed by atoms with E-state index in [2.05, 4.69) is 24.6 Å². The number of hydrogen-bond acceptors (Lipinski definition) is 2. The summed E-state index contributed by atoms with van der Waals surface area (Å²) in [6, 6.07) is 4.24. The highest BCUT2D eigenvalue weighted by atomic mass is 32.1. The normalized spacial score (nSPS) is 13.3. The summed E-state index contributed by atoms with van der Waals surface area (Å²) in [6.07, 6.45) is -4.33. The van der Waals surface area contributed by atoms with Crippen LogP contribution in [-0.4, -0.2) is 13.1 Å². The van der Waals surface area contributed by atoms with Crippen LogP contribution < -0.4 is 4.63 Å². The molecule has 1 aromatic heterocycles. The van der Waals surface area contributed by atoms with Crippen LogP contribution in [0.1, 0.15) is 5.56 Å². The quantitative estimate of drug-likeness (QED) is 0.720. The largest absolute Gasteiger partial charge is 0.418 e. The lowest BCUT2D eigenvalue weighted by Gasteiger charge is -2.10. The number of rotatable bonds is 1. The summed E-state index contributed by atoms with van der Waals surface area (Å²) < 4.78 is 39.9. The predicted molar refractivity (Wildman–Crippen MR) is 67.6 cm³/mol. The zero-order chi connectivity index (χ0) is 12.8. The van der Waals surface area contributed by atoms with E-state index in [-0.39, 0.29) is 5.52 Å². The second-order valence-electron chi connectivity index (χ2n) is 4.92. The second kappa shape index (κ2) is 3.81. The molecule has 0 aliphatic heterocycles. The Balaban J connectivity index is 2.70. The van der Waals surface area contributed by atoms with Crippen molar-refractivity contribution in [1.82, 2.24) is 4.98 Å². The molecule has 0 fully saturated rings. The van der Waals surface area contributed by atoms with Crippen LogP contribution in [0.2, 0.25) is 19.6 Å². The first-order valence-corrected chi connectivity index (χ1v) is 9.48. The number of alkyl halides is 3. The van der Waals surface area contributed by atoms with Crippen LogP contribution in [0, 0.1) is 0 Å². The summed E-state index contributed by atoms with van der Waals surface area (Å²) in [5, 5.41) is 0. The van der Waals surface area contributed by atoms with Gasteiger partial charge < -0.3 is 0 Å². The van der Waals surface area contributed by atoms with Crippen LogP contribution in [-0.2, 0) is 6.18 Å². The van der Waals surface area contributed by atoms with E-state index >= 15 is 0 Å². The van der Waals surface area contributed by atoms with Gasteiger partial charge in [0.1, 0.15) is 8.07 Å². The summed E-state index contributed by atoms with van der Waals surface area (Å²) in [5.41, 5.74) is -0.529. The van der Waals surface area contributed by atoms with Crippen LogP contribution in [0.15, 0.2) is 18.2 Å². The van der Waals surface area contributed by atoms with Crippen LogP contribution in [0.3, 0.4) is 0 Å². The predicted octanol–water partition coefficient (Wildman–Crippen LogP) is 3.86. The standard InChI is InChI=1S/C11H12F3NSSi/c1-17(2,3)10-15-9-7(11(12,13)14)5-4-6-8(9)16-10/h4-6H,1-3H3. The summed E-state index contributed by atoms with van der Waals surface area (Å²) >= 11 is 1.39. The molecule has 0 amide bonds. The molecule has 0 bridgehead atoms. The minimum absolute atomic E-state index is 0.0995. The number of thiazole rings is 1. The molecule has 1 heterocycles. The van der Waals surface area contributed by atoms with Gasteiger partial charge in [-0.1, -0.05) is 25.7 Å². The maximum Gasteiger partial charge on any atom is 0.418 e. The molecule has 0 aliphatic carbocycles. The Kier molecular flexibility index (Phi) is 2.82. The lowest BCUT2D eigenvalue weighted by molar-refractivity contribution is -0.136. The average Bonchev–Trinajstić information content (AvgIpc) is 2.57. The van der Waals surface area contributed by atoms with Gasteiger partial charge in [-0.05, 0) is 12.1 Å². The van der Waals surface area contributed by atoms with E-state index in [0.29, 0.717) is 4.70 Å². The van der Waals surface area contributed by atoms with Crippen LogP contribution >= 0.6 is 11.3 Å². The molecule has 0 aliphatic rings. The number of hydrogen-bond donors (Lipinski definition) is 0. The number of aromatic nitrogens is 1. The molecule has 2 rings (SSSR count). The third kappa shape index (κ3) is 2.37. The van der Waals surface area contributed by atoms with Crippen molar-refractivity contribution >= 4 is 34.3 Å². The Morgan fingerprint density at radius 1 is 1.18 bits per heavy atom. The van der Waals surface area contributed by atoms with Gasteiger partial charge in [0.25, 0.3) is 0 Å². The van der Waals surface area contributed by atoms with Crippen LogP contribution in [0.4, 0.5) is 13.2 Å². The Morgan fingerprint density at radius 3 is 2.35 bits per heavy atom. The van der Waals surface area contributed by atoms with Crippen molar-refractivity contribution in [2.45, 2.75) is 25.8 Å². The Labute approximate surface area is 102 Å². The molecule has 17 heavy (non-hydrogen) atoms. The minimum atomic E-state index is -4.33. The summed E-state index contributed by atoms with van der Waals surface area (Å²) in [5.74, 6) is 0. The van der Waals surface area contributed by atoms with Crippen molar-refractivity contribution in [2.24, 2.45) is 0 Å². The van der Waals surface area contributed by atoms with Crippen molar-refractivity contribution in [1.29, 1.82) is 0 Å². The van der Waals surface area contributed by atoms with E-state index in [1.807, 2.05) is 0 Å². The molecule has 1 nitrogen and oxygen atoms in total. The summed E-state index contributed by atoms with van der Waals surface area (Å²) in [7, 11) is -1.66. The van der Waals surface area contributed by atoms with Gasteiger partial charge in [0, 0.05) is 0 Å². The topological polar surface area (TPSA) is 12.9 Å². The van der Waals surface area contributed by atoms with Crippen LogP contribution in [0.25, 0.3) is 10.2 Å². The first kappa shape index (κ1) is 12.6. The number of benzene rings is 1. The smallest absolute Gasteiger partial charge is 0.246 e. The molecule has 2 aromatic rings. The van der Waals surface area contributed by atoms with Gasteiger partial charge in [0.2, 0.25) is 0 Å². The third-order valence-electron chi connectivity index (χ3n) is 2.37. The van der Waals surface area contributed by atoms with Crippen LogP contribution in [0.5, 0.6) is 0 Å². The molecule has 6 heteroatoms. The van der Waals surface area contributed by atoms with E-state index in [4.69, 9.17) is 0 Å². The van der Waals surface area contributed by atoms with E-state index in [9.17, 15) is 13.2 Å². The Bertz CT molecular complexity index is 554. The lowest BCUT2D eigenvalue weighted by Crippen LogP contribution is -2.37. The molecule has 0 N–H and O–H groups in total. The number of para-hydroxylation sites is 1. The molecular formula is C11H12F3NSSi. The van der Waals surface area contributed by atoms with E-state index < -0.39 is 19.8 Å². The van der Waals surface area contributed by atoms with Gasteiger partial charge in [-0.3, -0.25) is 0 Å². The maximum absolute atomic E-state index is 12.8. The number of halogens is 3. The molecule has 1 aromatic carbocycles. The molecule has 92 valence electrons. The number of nitrogens with zero attached hydrogens (tertiary/aromatic N) is 1. The first-order valence-electron chi connectivity index (χ1n) is 5.17. The van der Waals surface area contributed by atoms with E-state index in [1.165, 1.54) is 17.4 Å². The summed E-state index contributed by atoms with van der Waals surface area (Å²) in [4.78, 5) is 4.21. The van der Waals surface area contributed by atoms with Gasteiger partial charge in [0.05, 0.1) is 20.4 Å². The fourth-order valence-corrected chi connectivity index (χ4v) is 4.24.